The van der Waals surface area contributed by atoms with Crippen LogP contribution in [-0.4, -0.2) is 57.7 Å². The first kappa shape index (κ1) is 19.1. The first-order valence-corrected chi connectivity index (χ1v) is 10.1. The Hall–Kier alpha value is -1.66. The van der Waals surface area contributed by atoms with Gasteiger partial charge in [0.25, 0.3) is 5.91 Å². The summed E-state index contributed by atoms with van der Waals surface area (Å²) in [6.07, 6.45) is 1.04. The van der Waals surface area contributed by atoms with Crippen LogP contribution in [-0.2, 0) is 7.05 Å². The fraction of sp³-hybridized carbons (Fsp3) is 0.500. The smallest absolute Gasteiger partial charge is 0.272 e. The highest BCUT2D eigenvalue weighted by molar-refractivity contribution is 9.10. The molecule has 0 aliphatic carbocycles. The maximum absolute atomic E-state index is 13.2. The van der Waals surface area contributed by atoms with E-state index in [9.17, 15) is 4.79 Å². The summed E-state index contributed by atoms with van der Waals surface area (Å²) in [5.41, 5.74) is 3.53. The normalized spacial score (nSPS) is 17.3. The van der Waals surface area contributed by atoms with Crippen molar-refractivity contribution in [1.82, 2.24) is 19.6 Å². The highest BCUT2D eigenvalue weighted by atomic mass is 79.9. The Morgan fingerprint density at radius 1 is 1.35 bits per heavy atom. The van der Waals surface area contributed by atoms with Crippen LogP contribution in [0.4, 0.5) is 0 Å². The minimum atomic E-state index is 0.0911. The quantitative estimate of drug-likeness (QED) is 0.742. The molecule has 6 heteroatoms. The van der Waals surface area contributed by atoms with E-state index in [0.29, 0.717) is 11.7 Å². The number of hydrogen-bond acceptors (Lipinski definition) is 3. The number of aryl methyl sites for hydroxylation is 1. The van der Waals surface area contributed by atoms with Crippen molar-refractivity contribution in [2.24, 2.45) is 7.05 Å². The van der Waals surface area contributed by atoms with Gasteiger partial charge >= 0.3 is 0 Å². The van der Waals surface area contributed by atoms with E-state index in [2.05, 4.69) is 39.8 Å². The molecule has 2 heterocycles. The molecule has 1 saturated heterocycles. The number of aromatic nitrogens is 2. The lowest BCUT2D eigenvalue weighted by Crippen LogP contribution is -2.39. The lowest BCUT2D eigenvalue weighted by molar-refractivity contribution is 0.0766. The number of rotatable bonds is 5. The highest BCUT2D eigenvalue weighted by Gasteiger charge is 2.32. The van der Waals surface area contributed by atoms with Gasteiger partial charge in [0, 0.05) is 41.8 Å². The van der Waals surface area contributed by atoms with Crippen LogP contribution < -0.4 is 0 Å². The van der Waals surface area contributed by atoms with Crippen LogP contribution >= 0.6 is 15.9 Å². The summed E-state index contributed by atoms with van der Waals surface area (Å²) in [5, 5.41) is 4.64. The van der Waals surface area contributed by atoms with Crippen molar-refractivity contribution < 1.29 is 4.79 Å². The molecule has 1 aliphatic heterocycles. The van der Waals surface area contributed by atoms with E-state index in [-0.39, 0.29) is 5.91 Å². The molecule has 0 radical (unpaired) electrons. The first-order valence-electron chi connectivity index (χ1n) is 9.29. The van der Waals surface area contributed by atoms with Crippen LogP contribution in [0.1, 0.15) is 36.3 Å². The van der Waals surface area contributed by atoms with Gasteiger partial charge in [-0.05, 0) is 38.6 Å². The van der Waals surface area contributed by atoms with E-state index in [1.54, 1.807) is 4.68 Å². The number of likely N-dealkylation sites (tertiary alicyclic amines) is 1. The van der Waals surface area contributed by atoms with Crippen LogP contribution in [0, 0.1) is 6.92 Å². The molecule has 2 aromatic rings. The van der Waals surface area contributed by atoms with Gasteiger partial charge in [-0.15, -0.1) is 0 Å². The topological polar surface area (TPSA) is 41.4 Å². The number of nitrogens with zero attached hydrogens (tertiary/aromatic N) is 4. The second-order valence-electron chi connectivity index (χ2n) is 6.87. The zero-order valence-corrected chi connectivity index (χ0v) is 17.6. The van der Waals surface area contributed by atoms with E-state index in [1.165, 1.54) is 0 Å². The molecule has 0 N–H and O–H groups in total. The Labute approximate surface area is 164 Å². The molecule has 1 fully saturated rings. The summed E-state index contributed by atoms with van der Waals surface area (Å²) in [6.45, 7) is 10.0. The first-order chi connectivity index (χ1) is 12.5. The molecule has 1 unspecified atom stereocenters. The van der Waals surface area contributed by atoms with Crippen molar-refractivity contribution in [3.05, 3.63) is 40.0 Å². The fourth-order valence-corrected chi connectivity index (χ4v) is 4.35. The standard InChI is InChI=1S/C20H27BrN4O/c1-5-24(6-2)17-10-11-25(13-17)20(26)19-14(3)18(22-23(19)4)15-8-7-9-16(21)12-15/h7-9,12,17H,5-6,10-11,13H2,1-4H3. The van der Waals surface area contributed by atoms with Gasteiger partial charge in [0.05, 0.1) is 5.69 Å². The lowest BCUT2D eigenvalue weighted by atomic mass is 10.1. The van der Waals surface area contributed by atoms with Crippen molar-refractivity contribution in [2.75, 3.05) is 26.2 Å². The Kier molecular flexibility index (Phi) is 5.82. The molecule has 1 aromatic carbocycles. The van der Waals surface area contributed by atoms with Crippen molar-refractivity contribution in [3.63, 3.8) is 0 Å². The number of carbonyl (C=O) groups is 1. The van der Waals surface area contributed by atoms with E-state index in [4.69, 9.17) is 0 Å². The van der Waals surface area contributed by atoms with Gasteiger partial charge in [0.2, 0.25) is 0 Å². The van der Waals surface area contributed by atoms with E-state index >= 15 is 0 Å². The highest BCUT2D eigenvalue weighted by Crippen LogP contribution is 2.28. The molecule has 1 aromatic heterocycles. The van der Waals surface area contributed by atoms with E-state index in [0.717, 1.165) is 53.9 Å². The van der Waals surface area contributed by atoms with Crippen LogP contribution in [0.5, 0.6) is 0 Å². The average molecular weight is 419 g/mol. The molecule has 1 atom stereocenters. The summed E-state index contributed by atoms with van der Waals surface area (Å²) in [6, 6.07) is 8.51. The van der Waals surface area contributed by atoms with Crippen molar-refractivity contribution in [1.29, 1.82) is 0 Å². The lowest BCUT2D eigenvalue weighted by Gasteiger charge is -2.26. The summed E-state index contributed by atoms with van der Waals surface area (Å²) in [5.74, 6) is 0.0911. The molecule has 140 valence electrons. The molecule has 1 amide bonds. The van der Waals surface area contributed by atoms with Gasteiger partial charge in [0.1, 0.15) is 5.69 Å². The molecule has 0 spiro atoms. The number of amides is 1. The van der Waals surface area contributed by atoms with Gasteiger partial charge in [-0.25, -0.2) is 0 Å². The van der Waals surface area contributed by atoms with Crippen molar-refractivity contribution in [2.45, 2.75) is 33.2 Å². The number of carbonyl (C=O) groups excluding carboxylic acids is 1. The molecule has 0 saturated carbocycles. The average Bonchev–Trinajstić information content (AvgIpc) is 3.21. The second kappa shape index (κ2) is 7.92. The predicted molar refractivity (Wildman–Crippen MR) is 108 cm³/mol. The number of halogens is 1. The Morgan fingerprint density at radius 3 is 2.73 bits per heavy atom. The van der Waals surface area contributed by atoms with Crippen LogP contribution in [0.15, 0.2) is 28.7 Å². The molecule has 26 heavy (non-hydrogen) atoms. The van der Waals surface area contributed by atoms with Gasteiger partial charge < -0.3 is 4.90 Å². The second-order valence-corrected chi connectivity index (χ2v) is 7.79. The fourth-order valence-electron chi connectivity index (χ4n) is 3.95. The Bertz CT molecular complexity index is 797. The zero-order valence-electron chi connectivity index (χ0n) is 16.0. The monoisotopic (exact) mass is 418 g/mol. The van der Waals surface area contributed by atoms with Crippen LogP contribution in [0.2, 0.25) is 0 Å². The zero-order chi connectivity index (χ0) is 18.8. The molecule has 1 aliphatic rings. The van der Waals surface area contributed by atoms with Gasteiger partial charge in [-0.1, -0.05) is 41.9 Å². The van der Waals surface area contributed by atoms with Crippen molar-refractivity contribution >= 4 is 21.8 Å². The minimum Gasteiger partial charge on any atom is -0.336 e. The summed E-state index contributed by atoms with van der Waals surface area (Å²) < 4.78 is 2.74. The third-order valence-electron chi connectivity index (χ3n) is 5.36. The number of likely N-dealkylation sites (N-methyl/N-ethyl adjacent to an activating group) is 1. The van der Waals surface area contributed by atoms with Gasteiger partial charge in [-0.2, -0.15) is 5.10 Å². The molecule has 5 nitrogen and oxygen atoms in total. The summed E-state index contributed by atoms with van der Waals surface area (Å²) in [7, 11) is 1.86. The van der Waals surface area contributed by atoms with Crippen LogP contribution in [0.3, 0.4) is 0 Å². The predicted octanol–water partition coefficient (Wildman–Crippen LogP) is 3.71. The summed E-state index contributed by atoms with van der Waals surface area (Å²) >= 11 is 3.51. The van der Waals surface area contributed by atoms with Crippen molar-refractivity contribution in [3.8, 4) is 11.3 Å². The summed E-state index contributed by atoms with van der Waals surface area (Å²) in [4.78, 5) is 17.6. The Balaban J connectivity index is 1.85. The maximum atomic E-state index is 13.2. The Morgan fingerprint density at radius 2 is 2.08 bits per heavy atom. The number of benzene rings is 1. The van der Waals surface area contributed by atoms with Gasteiger partial charge in [0.15, 0.2) is 0 Å². The third kappa shape index (κ3) is 3.58. The molecule has 3 rings (SSSR count). The van der Waals surface area contributed by atoms with Gasteiger partial charge in [-0.3, -0.25) is 14.4 Å². The number of hydrogen-bond donors (Lipinski definition) is 0. The maximum Gasteiger partial charge on any atom is 0.272 e. The molecular formula is C20H27BrN4O. The molecule has 0 bridgehead atoms. The van der Waals surface area contributed by atoms with E-state index in [1.807, 2.05) is 43.1 Å². The molecular weight excluding hydrogens is 392 g/mol. The van der Waals surface area contributed by atoms with E-state index < -0.39 is 0 Å². The minimum absolute atomic E-state index is 0.0911. The van der Waals surface area contributed by atoms with Crippen LogP contribution in [0.25, 0.3) is 11.3 Å². The SMILES string of the molecule is CCN(CC)C1CCN(C(=O)c2c(C)c(-c3cccc(Br)c3)nn2C)C1. The third-order valence-corrected chi connectivity index (χ3v) is 5.86. The largest absolute Gasteiger partial charge is 0.336 e.